The van der Waals surface area contributed by atoms with Crippen molar-refractivity contribution in [3.05, 3.63) is 41.7 Å². The fraction of sp³-hybridized carbons (Fsp3) is 0.154. The summed E-state index contributed by atoms with van der Waals surface area (Å²) in [6.07, 6.45) is 0. The maximum absolute atomic E-state index is 8.49. The number of rotatable bonds is 0. The standard InChI is InChI=1S/C13H13N4.ClHO4/c1-8-7-9(2)17-13(15-8)11-6-4-3-5-10(11)12(14)16-17;2-1(3,4)5/h3-7H,1-2H3,(H2,14,16);(H,2,3,4,5)/q+1;/p-1. The Hall–Kier alpha value is -2.10. The second-order valence-corrected chi connectivity index (χ2v) is 5.34. The number of nitrogens with two attached hydrogens (primary N) is 1. The number of hydrogen-bond acceptors (Lipinski definition) is 7. The minimum atomic E-state index is -4.94. The van der Waals surface area contributed by atoms with Gasteiger partial charge in [-0.15, -0.1) is 10.2 Å². The first-order chi connectivity index (χ1) is 10.2. The van der Waals surface area contributed by atoms with Gasteiger partial charge in [0, 0.05) is 25.3 Å². The molecule has 0 radical (unpaired) electrons. The smallest absolute Gasteiger partial charge is 0.356 e. The Bertz CT molecular complexity index is 829. The van der Waals surface area contributed by atoms with Crippen LogP contribution in [-0.4, -0.2) is 10.1 Å². The van der Waals surface area contributed by atoms with E-state index >= 15 is 0 Å². The minimum absolute atomic E-state index is 0.534. The van der Waals surface area contributed by atoms with Crippen LogP contribution in [0, 0.1) is 24.1 Å². The fourth-order valence-corrected chi connectivity index (χ4v) is 2.14. The molecule has 0 bridgehead atoms. The van der Waals surface area contributed by atoms with Gasteiger partial charge in [0.1, 0.15) is 5.69 Å². The third kappa shape index (κ3) is 3.75. The zero-order valence-corrected chi connectivity index (χ0v) is 12.6. The van der Waals surface area contributed by atoms with Crippen LogP contribution >= 0.6 is 0 Å². The molecule has 0 atom stereocenters. The van der Waals surface area contributed by atoms with Gasteiger partial charge in [-0.25, -0.2) is 18.6 Å². The van der Waals surface area contributed by atoms with Crippen molar-refractivity contribution in [3.8, 4) is 0 Å². The summed E-state index contributed by atoms with van der Waals surface area (Å²) in [6.45, 7) is 3.99. The Morgan fingerprint density at radius 3 is 2.18 bits per heavy atom. The van der Waals surface area contributed by atoms with Crippen LogP contribution in [0.4, 0.5) is 5.82 Å². The molecular formula is C13H13ClN4O4. The summed E-state index contributed by atoms with van der Waals surface area (Å²) < 4.78 is 35.8. The molecule has 9 heteroatoms. The number of fused-ring (bicyclic) bond motifs is 3. The highest BCUT2D eigenvalue weighted by Crippen LogP contribution is 2.19. The second kappa shape index (κ2) is 5.95. The molecule has 0 fully saturated rings. The van der Waals surface area contributed by atoms with E-state index in [2.05, 4.69) is 10.1 Å². The average Bonchev–Trinajstić information content (AvgIpc) is 2.39. The molecule has 0 saturated carbocycles. The first kappa shape index (κ1) is 16.3. The van der Waals surface area contributed by atoms with Gasteiger partial charge in [-0.05, 0) is 11.1 Å². The van der Waals surface area contributed by atoms with Gasteiger partial charge in [0.2, 0.25) is 0 Å². The molecule has 3 aromatic rings. The Morgan fingerprint density at radius 1 is 1.05 bits per heavy atom. The molecule has 116 valence electrons. The lowest BCUT2D eigenvalue weighted by atomic mass is 10.2. The summed E-state index contributed by atoms with van der Waals surface area (Å²) in [4.78, 5) is 4.55. The molecule has 2 heterocycles. The van der Waals surface area contributed by atoms with Crippen molar-refractivity contribution >= 4 is 22.2 Å². The van der Waals surface area contributed by atoms with Crippen LogP contribution in [0.2, 0.25) is 0 Å². The lowest BCUT2D eigenvalue weighted by Gasteiger charge is -2.17. The molecule has 0 amide bonds. The molecular weight excluding hydrogens is 312 g/mol. The van der Waals surface area contributed by atoms with E-state index in [1.165, 1.54) is 0 Å². The number of nitrogens with zero attached hydrogens (tertiary/aromatic N) is 3. The second-order valence-electron chi connectivity index (χ2n) is 4.58. The molecule has 22 heavy (non-hydrogen) atoms. The summed E-state index contributed by atoms with van der Waals surface area (Å²) in [5, 5.41) is 6.36. The van der Waals surface area contributed by atoms with Crippen molar-refractivity contribution in [2.24, 2.45) is 0 Å². The summed E-state index contributed by atoms with van der Waals surface area (Å²) in [5.74, 6) is 0.534. The van der Waals surface area contributed by atoms with Crippen molar-refractivity contribution in [3.63, 3.8) is 0 Å². The molecule has 3 rings (SSSR count). The molecule has 0 spiro atoms. The predicted octanol–water partition coefficient (Wildman–Crippen LogP) is -3.19. The Balaban J connectivity index is 0.000000309. The van der Waals surface area contributed by atoms with Crippen LogP contribution in [0.5, 0.6) is 0 Å². The molecule has 0 saturated heterocycles. The molecule has 2 N–H and O–H groups in total. The lowest BCUT2D eigenvalue weighted by Crippen LogP contribution is -2.68. The maximum Gasteiger partial charge on any atom is 0.356 e. The van der Waals surface area contributed by atoms with E-state index in [1.54, 1.807) is 4.52 Å². The van der Waals surface area contributed by atoms with Crippen molar-refractivity contribution < 1.29 is 33.4 Å². The van der Waals surface area contributed by atoms with Crippen LogP contribution in [0.25, 0.3) is 16.4 Å². The Morgan fingerprint density at radius 2 is 1.59 bits per heavy atom. The van der Waals surface area contributed by atoms with Gasteiger partial charge in [-0.3, -0.25) is 0 Å². The summed E-state index contributed by atoms with van der Waals surface area (Å²) >= 11 is 0. The third-order valence-electron chi connectivity index (χ3n) is 2.89. The molecule has 2 aromatic heterocycles. The van der Waals surface area contributed by atoms with Crippen molar-refractivity contribution in [1.82, 2.24) is 10.1 Å². The number of aryl methyl sites for hydroxylation is 2. The normalized spacial score (nSPS) is 11.4. The first-order valence-electron chi connectivity index (χ1n) is 6.13. The zero-order valence-electron chi connectivity index (χ0n) is 11.8. The monoisotopic (exact) mass is 324 g/mol. The SMILES string of the molecule is Cc1cc(C)[n+]2nc(N)c3ccccc3c2n1.[O-][Cl+3]([O-])([O-])[O-]. The van der Waals surface area contributed by atoms with Crippen LogP contribution < -0.4 is 28.9 Å². The molecule has 8 nitrogen and oxygen atoms in total. The van der Waals surface area contributed by atoms with E-state index in [4.69, 9.17) is 24.4 Å². The van der Waals surface area contributed by atoms with Crippen molar-refractivity contribution in [2.75, 3.05) is 5.73 Å². The van der Waals surface area contributed by atoms with E-state index in [0.717, 1.165) is 27.8 Å². The lowest BCUT2D eigenvalue weighted by molar-refractivity contribution is -2.00. The van der Waals surface area contributed by atoms with Gasteiger partial charge < -0.3 is 5.73 Å². The first-order valence-corrected chi connectivity index (χ1v) is 7.36. The van der Waals surface area contributed by atoms with Gasteiger partial charge in [-0.2, -0.15) is 0 Å². The van der Waals surface area contributed by atoms with Crippen molar-refractivity contribution in [1.29, 1.82) is 0 Å². The zero-order chi connectivity index (χ0) is 16.5. The number of hydrogen-bond donors (Lipinski definition) is 1. The van der Waals surface area contributed by atoms with Crippen molar-refractivity contribution in [2.45, 2.75) is 13.8 Å². The molecule has 0 aliphatic rings. The van der Waals surface area contributed by atoms with Gasteiger partial charge in [0.25, 0.3) is 0 Å². The van der Waals surface area contributed by atoms with Gasteiger partial charge in [0.15, 0.2) is 11.5 Å². The van der Waals surface area contributed by atoms with E-state index < -0.39 is 10.2 Å². The quantitative estimate of drug-likeness (QED) is 0.338. The Kier molecular flexibility index (Phi) is 4.40. The molecule has 0 unspecified atom stereocenters. The fourth-order valence-electron chi connectivity index (χ4n) is 2.14. The van der Waals surface area contributed by atoms with Crippen LogP contribution in [-0.2, 0) is 0 Å². The highest BCUT2D eigenvalue weighted by molar-refractivity contribution is 5.97. The number of nitrogen functional groups attached to an aromatic ring is 1. The van der Waals surface area contributed by atoms with Gasteiger partial charge in [0.05, 0.1) is 5.39 Å². The third-order valence-corrected chi connectivity index (χ3v) is 2.89. The Labute approximate surface area is 127 Å². The number of anilines is 1. The highest BCUT2D eigenvalue weighted by atomic mass is 35.7. The highest BCUT2D eigenvalue weighted by Gasteiger charge is 2.16. The number of halogens is 1. The van der Waals surface area contributed by atoms with E-state index in [9.17, 15) is 0 Å². The predicted molar refractivity (Wildman–Crippen MR) is 66.6 cm³/mol. The molecule has 0 aliphatic carbocycles. The largest absolute Gasteiger partial charge is 0.380 e. The van der Waals surface area contributed by atoms with Gasteiger partial charge in [-0.1, -0.05) is 27.8 Å². The summed E-state index contributed by atoms with van der Waals surface area (Å²) in [5.41, 5.74) is 8.84. The van der Waals surface area contributed by atoms with Crippen LogP contribution in [0.3, 0.4) is 0 Å². The molecule has 0 aliphatic heterocycles. The van der Waals surface area contributed by atoms with Crippen LogP contribution in [0.1, 0.15) is 11.4 Å². The molecule has 1 aromatic carbocycles. The van der Waals surface area contributed by atoms with E-state index in [1.807, 2.05) is 44.2 Å². The maximum atomic E-state index is 8.49. The van der Waals surface area contributed by atoms with Crippen LogP contribution in [0.15, 0.2) is 30.3 Å². The van der Waals surface area contributed by atoms with E-state index in [0.29, 0.717) is 5.82 Å². The average molecular weight is 325 g/mol. The summed E-state index contributed by atoms with van der Waals surface area (Å²) in [6, 6.07) is 9.93. The topological polar surface area (TPSA) is 148 Å². The van der Waals surface area contributed by atoms with Gasteiger partial charge >= 0.3 is 5.65 Å². The number of benzene rings is 1. The number of aromatic nitrogens is 3. The summed E-state index contributed by atoms with van der Waals surface area (Å²) in [7, 11) is -4.94. The minimum Gasteiger partial charge on any atom is -0.380 e. The van der Waals surface area contributed by atoms with E-state index in [-0.39, 0.29) is 0 Å².